The van der Waals surface area contributed by atoms with Crippen molar-refractivity contribution in [1.82, 2.24) is 0 Å². The van der Waals surface area contributed by atoms with Crippen LogP contribution in [0.4, 0.5) is 0 Å². The molecule has 4 nitrogen and oxygen atoms in total. The predicted molar refractivity (Wildman–Crippen MR) is 33.2 cm³/mol. The lowest BCUT2D eigenvalue weighted by atomic mass is 10.1. The maximum atomic E-state index is 8.83. The summed E-state index contributed by atoms with van der Waals surface area (Å²) in [6.45, 7) is 0. The molecule has 0 aliphatic heterocycles. The van der Waals surface area contributed by atoms with Gasteiger partial charge in [-0.05, 0) is 0 Å². The Hall–Kier alpha value is -1.00. The van der Waals surface area contributed by atoms with Crippen LogP contribution < -0.4 is 0 Å². The molecule has 1 aliphatic carbocycles. The lowest BCUT2D eigenvalue weighted by Crippen LogP contribution is -2.28. The minimum absolute atomic E-state index is 0.245. The van der Waals surface area contributed by atoms with Crippen LogP contribution in [-0.2, 0) is 0 Å². The minimum atomic E-state index is -2.11. The van der Waals surface area contributed by atoms with Gasteiger partial charge in [0.2, 0.25) is 0 Å². The van der Waals surface area contributed by atoms with Gasteiger partial charge in [0.25, 0.3) is 0 Å². The molecule has 0 aromatic carbocycles. The summed E-state index contributed by atoms with van der Waals surface area (Å²) in [5, 5.41) is 35.1. The lowest BCUT2D eigenvalue weighted by Gasteiger charge is -2.20. The molecule has 1 aliphatic rings. The number of allylic oxidation sites excluding steroid dienone is 1. The summed E-state index contributed by atoms with van der Waals surface area (Å²) in [5.74, 6) is -2.69. The molecule has 0 unspecified atom stereocenters. The molecule has 0 saturated carbocycles. The van der Waals surface area contributed by atoms with Crippen LogP contribution in [0.15, 0.2) is 23.7 Å². The van der Waals surface area contributed by atoms with Crippen LogP contribution in [0, 0.1) is 0 Å². The Labute approximate surface area is 57.4 Å². The molecule has 0 fully saturated rings. The van der Waals surface area contributed by atoms with Crippen molar-refractivity contribution in [2.75, 3.05) is 0 Å². The highest BCUT2D eigenvalue weighted by atomic mass is 16.5. The molecule has 10 heavy (non-hydrogen) atoms. The van der Waals surface area contributed by atoms with E-state index < -0.39 is 5.79 Å². The summed E-state index contributed by atoms with van der Waals surface area (Å²) >= 11 is 0. The summed E-state index contributed by atoms with van der Waals surface area (Å²) < 4.78 is 0. The Morgan fingerprint density at radius 2 is 1.90 bits per heavy atom. The molecule has 0 amide bonds. The Morgan fingerprint density at radius 3 is 2.30 bits per heavy atom. The van der Waals surface area contributed by atoms with Gasteiger partial charge < -0.3 is 20.4 Å². The highest BCUT2D eigenvalue weighted by Crippen LogP contribution is 2.20. The van der Waals surface area contributed by atoms with E-state index in [9.17, 15) is 0 Å². The number of hydrogen-bond acceptors (Lipinski definition) is 4. The monoisotopic (exact) mass is 144 g/mol. The van der Waals surface area contributed by atoms with E-state index in [0.717, 1.165) is 12.2 Å². The van der Waals surface area contributed by atoms with E-state index in [-0.39, 0.29) is 17.9 Å². The zero-order valence-corrected chi connectivity index (χ0v) is 5.15. The van der Waals surface area contributed by atoms with Crippen LogP contribution in [0.3, 0.4) is 0 Å². The van der Waals surface area contributed by atoms with Gasteiger partial charge in [0.05, 0.1) is 6.42 Å². The van der Waals surface area contributed by atoms with Crippen molar-refractivity contribution < 1.29 is 20.4 Å². The first-order valence-corrected chi connectivity index (χ1v) is 2.76. The zero-order chi connectivity index (χ0) is 7.78. The van der Waals surface area contributed by atoms with Gasteiger partial charge in [-0.25, -0.2) is 0 Å². The molecule has 4 N–H and O–H groups in total. The fourth-order valence-electron chi connectivity index (χ4n) is 0.818. The second-order valence-corrected chi connectivity index (χ2v) is 2.26. The molecule has 4 heteroatoms. The van der Waals surface area contributed by atoms with Gasteiger partial charge in [-0.2, -0.15) is 0 Å². The quantitative estimate of drug-likeness (QED) is 0.359. The highest BCUT2D eigenvalue weighted by molar-refractivity contribution is 5.22. The SMILES string of the molecule is OC1=CC(O)(O)CC(O)=C1. The first-order chi connectivity index (χ1) is 4.49. The molecule has 0 radical (unpaired) electrons. The van der Waals surface area contributed by atoms with Crippen LogP contribution in [0.25, 0.3) is 0 Å². The van der Waals surface area contributed by atoms with Crippen LogP contribution in [0.1, 0.15) is 6.42 Å². The van der Waals surface area contributed by atoms with E-state index in [2.05, 4.69) is 0 Å². The molecule has 0 atom stereocenters. The molecule has 1 rings (SSSR count). The van der Waals surface area contributed by atoms with Gasteiger partial charge in [-0.3, -0.25) is 0 Å². The van der Waals surface area contributed by atoms with E-state index in [1.807, 2.05) is 0 Å². The maximum absolute atomic E-state index is 8.83. The van der Waals surface area contributed by atoms with Crippen LogP contribution in [0.5, 0.6) is 0 Å². The van der Waals surface area contributed by atoms with Gasteiger partial charge >= 0.3 is 0 Å². The smallest absolute Gasteiger partial charge is 0.193 e. The highest BCUT2D eigenvalue weighted by Gasteiger charge is 2.26. The molecule has 0 heterocycles. The number of aliphatic hydroxyl groups excluding tert-OH is 2. The molecule has 0 bridgehead atoms. The molecule has 0 saturated heterocycles. The van der Waals surface area contributed by atoms with Crippen LogP contribution in [-0.4, -0.2) is 26.2 Å². The van der Waals surface area contributed by atoms with E-state index in [1.54, 1.807) is 0 Å². The van der Waals surface area contributed by atoms with E-state index in [0.29, 0.717) is 0 Å². The van der Waals surface area contributed by atoms with Gasteiger partial charge in [0.15, 0.2) is 5.79 Å². The Morgan fingerprint density at radius 1 is 1.30 bits per heavy atom. The standard InChI is InChI=1S/C6H8O4/c7-4-1-5(8)3-6(9,10)2-4/h1-2,7-10H,3H2. The first kappa shape index (κ1) is 7.11. The summed E-state index contributed by atoms with van der Waals surface area (Å²) in [4.78, 5) is 0. The summed E-state index contributed by atoms with van der Waals surface area (Å²) in [6.07, 6.45) is 1.63. The number of hydrogen-bond donors (Lipinski definition) is 4. The van der Waals surface area contributed by atoms with Crippen molar-refractivity contribution in [2.45, 2.75) is 12.2 Å². The van der Waals surface area contributed by atoms with E-state index in [1.165, 1.54) is 0 Å². The third-order valence-corrected chi connectivity index (χ3v) is 1.13. The fourth-order valence-corrected chi connectivity index (χ4v) is 0.818. The Bertz CT molecular complexity index is 202. The molecular formula is C6H8O4. The third-order valence-electron chi connectivity index (χ3n) is 1.13. The summed E-state index contributed by atoms with van der Waals surface area (Å²) in [7, 11) is 0. The predicted octanol–water partition coefficient (Wildman–Crippen LogP) is -0.0452. The van der Waals surface area contributed by atoms with Crippen molar-refractivity contribution in [3.05, 3.63) is 23.7 Å². The van der Waals surface area contributed by atoms with Gasteiger partial charge in [-0.1, -0.05) is 0 Å². The van der Waals surface area contributed by atoms with Gasteiger partial charge in [0.1, 0.15) is 11.5 Å². The molecule has 0 aromatic heterocycles. The van der Waals surface area contributed by atoms with Gasteiger partial charge in [-0.15, -0.1) is 0 Å². The normalized spacial score (nSPS) is 23.4. The number of aliphatic hydroxyl groups is 4. The first-order valence-electron chi connectivity index (χ1n) is 2.76. The van der Waals surface area contributed by atoms with E-state index in [4.69, 9.17) is 20.4 Å². The van der Waals surface area contributed by atoms with Crippen molar-refractivity contribution in [3.63, 3.8) is 0 Å². The van der Waals surface area contributed by atoms with Crippen molar-refractivity contribution >= 4 is 0 Å². The van der Waals surface area contributed by atoms with Crippen LogP contribution >= 0.6 is 0 Å². The zero-order valence-electron chi connectivity index (χ0n) is 5.15. The van der Waals surface area contributed by atoms with Crippen molar-refractivity contribution in [1.29, 1.82) is 0 Å². The minimum Gasteiger partial charge on any atom is -0.512 e. The lowest BCUT2D eigenvalue weighted by molar-refractivity contribution is -0.124. The Kier molecular flexibility index (Phi) is 1.42. The largest absolute Gasteiger partial charge is 0.512 e. The second kappa shape index (κ2) is 2.00. The fraction of sp³-hybridized carbons (Fsp3) is 0.333. The molecule has 0 spiro atoms. The Balaban J connectivity index is 2.88. The van der Waals surface area contributed by atoms with Crippen molar-refractivity contribution in [2.24, 2.45) is 0 Å². The maximum Gasteiger partial charge on any atom is 0.193 e. The molecule has 56 valence electrons. The molecular weight excluding hydrogens is 136 g/mol. The summed E-state index contributed by atoms with van der Waals surface area (Å²) in [6, 6.07) is 0. The average Bonchev–Trinajstić information content (AvgIpc) is 1.54. The molecule has 0 aromatic rings. The van der Waals surface area contributed by atoms with Gasteiger partial charge in [0, 0.05) is 12.2 Å². The van der Waals surface area contributed by atoms with Crippen molar-refractivity contribution in [3.8, 4) is 0 Å². The topological polar surface area (TPSA) is 80.9 Å². The second-order valence-electron chi connectivity index (χ2n) is 2.26. The average molecular weight is 144 g/mol. The summed E-state index contributed by atoms with van der Waals surface area (Å²) in [5.41, 5.74) is 0. The third kappa shape index (κ3) is 1.49. The van der Waals surface area contributed by atoms with Crippen LogP contribution in [0.2, 0.25) is 0 Å². The van der Waals surface area contributed by atoms with E-state index >= 15 is 0 Å². The number of rotatable bonds is 0.